The second kappa shape index (κ2) is 8.60. The van der Waals surface area contributed by atoms with Gasteiger partial charge in [-0.25, -0.2) is 10.6 Å². The topological polar surface area (TPSA) is 110 Å². The number of nitrogens with one attached hydrogen (secondary N) is 1. The van der Waals surface area contributed by atoms with Gasteiger partial charge in [-0.15, -0.1) is 0 Å². The van der Waals surface area contributed by atoms with Gasteiger partial charge in [0.15, 0.2) is 0 Å². The third-order valence-corrected chi connectivity index (χ3v) is 2.95. The number of rotatable bonds is 4. The highest BCUT2D eigenvalue weighted by molar-refractivity contribution is 5.61. The van der Waals surface area contributed by atoms with Crippen molar-refractivity contribution in [3.8, 4) is 0 Å². The van der Waals surface area contributed by atoms with Gasteiger partial charge in [0.05, 0.1) is 17.8 Å². The summed E-state index contributed by atoms with van der Waals surface area (Å²) in [6.45, 7) is 4.14. The van der Waals surface area contributed by atoms with Gasteiger partial charge in [-0.1, -0.05) is 44.2 Å². The number of hydrazine groups is 1. The molecule has 0 atom stereocenters. The molecule has 0 aliphatic rings. The van der Waals surface area contributed by atoms with E-state index in [-0.39, 0.29) is 6.54 Å². The number of aromatic amines is 1. The van der Waals surface area contributed by atoms with Crippen LogP contribution in [0.4, 0.5) is 0 Å². The van der Waals surface area contributed by atoms with E-state index in [0.717, 1.165) is 5.56 Å². The summed E-state index contributed by atoms with van der Waals surface area (Å²) in [6, 6.07) is 9.35. The summed E-state index contributed by atoms with van der Waals surface area (Å²) < 4.78 is 1.29. The van der Waals surface area contributed by atoms with Gasteiger partial charge in [-0.2, -0.15) is 0 Å². The Labute approximate surface area is 134 Å². The molecular formula is C16H23N5O2. The number of aromatic nitrogens is 2. The lowest BCUT2D eigenvalue weighted by atomic mass is 10.2. The molecule has 2 aromatic rings. The lowest BCUT2D eigenvalue weighted by molar-refractivity contribution is 0.384. The third kappa shape index (κ3) is 5.15. The monoisotopic (exact) mass is 317 g/mol. The number of aryl methyl sites for hydroxylation is 1. The summed E-state index contributed by atoms with van der Waals surface area (Å²) in [7, 11) is 1.55. The number of nitrogens with zero attached hydrogens (tertiary/aromatic N) is 2. The van der Waals surface area contributed by atoms with Crippen molar-refractivity contribution in [3.63, 3.8) is 0 Å². The van der Waals surface area contributed by atoms with Crippen LogP contribution in [0.15, 0.2) is 52.3 Å². The largest absolute Gasteiger partial charge is 0.397 e. The molecule has 0 fully saturated rings. The summed E-state index contributed by atoms with van der Waals surface area (Å²) >= 11 is 0. The van der Waals surface area contributed by atoms with Crippen LogP contribution >= 0.6 is 0 Å². The van der Waals surface area contributed by atoms with E-state index in [9.17, 15) is 9.59 Å². The Bertz CT molecular complexity index is 762. The first-order chi connectivity index (χ1) is 11.0. The number of nitrogens with two attached hydrogens (primary N) is 2. The SMILES string of the molecule is CC.Cn1cc(CN(N)/C=C(\N)c2ccccc2)c(=O)[nH]c1=O. The van der Waals surface area contributed by atoms with Crippen LogP contribution in [0.5, 0.6) is 0 Å². The standard InChI is InChI=1S/C14H17N5O2.C2H6/c1-18-7-11(13(20)17-14(18)21)8-19(16)9-12(15)10-5-3-2-4-6-10;1-2/h2-7,9H,8,15-16H2,1H3,(H,17,20,21);1-2H3/b12-9-;. The van der Waals surface area contributed by atoms with Crippen molar-refractivity contribution in [3.05, 3.63) is 74.7 Å². The zero-order chi connectivity index (χ0) is 17.4. The van der Waals surface area contributed by atoms with E-state index in [1.54, 1.807) is 13.2 Å². The highest BCUT2D eigenvalue weighted by Crippen LogP contribution is 2.08. The molecule has 23 heavy (non-hydrogen) atoms. The first kappa shape index (κ1) is 18.2. The predicted molar refractivity (Wildman–Crippen MR) is 92.0 cm³/mol. The molecule has 124 valence electrons. The molecule has 0 spiro atoms. The summed E-state index contributed by atoms with van der Waals surface area (Å²) in [5.74, 6) is 5.84. The number of benzene rings is 1. The zero-order valence-corrected chi connectivity index (χ0v) is 13.6. The van der Waals surface area contributed by atoms with Crippen molar-refractivity contribution in [2.45, 2.75) is 20.4 Å². The van der Waals surface area contributed by atoms with Crippen LogP contribution in [0.1, 0.15) is 25.0 Å². The summed E-state index contributed by atoms with van der Waals surface area (Å²) in [5, 5.41) is 1.30. The summed E-state index contributed by atoms with van der Waals surface area (Å²) in [4.78, 5) is 25.2. The van der Waals surface area contributed by atoms with Crippen molar-refractivity contribution >= 4 is 5.70 Å². The molecular weight excluding hydrogens is 294 g/mol. The highest BCUT2D eigenvalue weighted by Gasteiger charge is 2.06. The molecule has 5 N–H and O–H groups in total. The summed E-state index contributed by atoms with van der Waals surface area (Å²) in [5.41, 5.74) is 6.71. The van der Waals surface area contributed by atoms with E-state index in [0.29, 0.717) is 11.3 Å². The van der Waals surface area contributed by atoms with Gasteiger partial charge in [-0.3, -0.25) is 9.78 Å². The van der Waals surface area contributed by atoms with Gasteiger partial charge in [0.1, 0.15) is 0 Å². The molecule has 7 heteroatoms. The van der Waals surface area contributed by atoms with Gasteiger partial charge in [0, 0.05) is 19.4 Å². The first-order valence-electron chi connectivity index (χ1n) is 7.30. The average molecular weight is 317 g/mol. The minimum absolute atomic E-state index is 0.136. The number of hydrogen-bond donors (Lipinski definition) is 3. The third-order valence-electron chi connectivity index (χ3n) is 2.95. The molecule has 1 aromatic carbocycles. The lowest BCUT2D eigenvalue weighted by Gasteiger charge is -2.15. The predicted octanol–water partition coefficient (Wildman–Crippen LogP) is 0.733. The summed E-state index contributed by atoms with van der Waals surface area (Å²) in [6.07, 6.45) is 2.99. The average Bonchev–Trinajstić information content (AvgIpc) is 2.55. The molecule has 0 amide bonds. The smallest absolute Gasteiger partial charge is 0.328 e. The number of H-pyrrole nitrogens is 1. The van der Waals surface area contributed by atoms with Gasteiger partial charge >= 0.3 is 5.69 Å². The molecule has 1 heterocycles. The van der Waals surface area contributed by atoms with Crippen molar-refractivity contribution in [1.82, 2.24) is 14.6 Å². The minimum Gasteiger partial charge on any atom is -0.397 e. The van der Waals surface area contributed by atoms with Crippen LogP contribution in [-0.2, 0) is 13.6 Å². The van der Waals surface area contributed by atoms with Crippen LogP contribution in [0.25, 0.3) is 5.70 Å². The van der Waals surface area contributed by atoms with E-state index < -0.39 is 11.2 Å². The molecule has 0 saturated carbocycles. The molecule has 7 nitrogen and oxygen atoms in total. The van der Waals surface area contributed by atoms with Gasteiger partial charge in [-0.05, 0) is 5.56 Å². The van der Waals surface area contributed by atoms with Crippen molar-refractivity contribution in [2.75, 3.05) is 0 Å². The highest BCUT2D eigenvalue weighted by atomic mass is 16.2. The van der Waals surface area contributed by atoms with Gasteiger partial charge < -0.3 is 15.3 Å². The fourth-order valence-electron chi connectivity index (χ4n) is 1.86. The maximum atomic E-state index is 11.7. The molecule has 1 aromatic heterocycles. The molecule has 2 rings (SSSR count). The van der Waals surface area contributed by atoms with Crippen LogP contribution < -0.4 is 22.8 Å². The number of hydrogen-bond acceptors (Lipinski definition) is 5. The molecule has 0 aliphatic carbocycles. The fourth-order valence-corrected chi connectivity index (χ4v) is 1.86. The first-order valence-corrected chi connectivity index (χ1v) is 7.30. The van der Waals surface area contributed by atoms with Crippen LogP contribution in [0.2, 0.25) is 0 Å². The van der Waals surface area contributed by atoms with E-state index in [1.165, 1.54) is 15.8 Å². The van der Waals surface area contributed by atoms with E-state index in [4.69, 9.17) is 11.6 Å². The van der Waals surface area contributed by atoms with Crippen LogP contribution in [-0.4, -0.2) is 14.6 Å². The second-order valence-electron chi connectivity index (χ2n) is 4.65. The van der Waals surface area contributed by atoms with E-state index >= 15 is 0 Å². The van der Waals surface area contributed by atoms with Crippen LogP contribution in [0, 0.1) is 0 Å². The van der Waals surface area contributed by atoms with Crippen LogP contribution in [0.3, 0.4) is 0 Å². The Kier molecular flexibility index (Phi) is 6.82. The maximum Gasteiger partial charge on any atom is 0.328 e. The Balaban J connectivity index is 0.00000127. The Morgan fingerprint density at radius 3 is 2.48 bits per heavy atom. The quantitative estimate of drug-likeness (QED) is 0.569. The minimum atomic E-state index is -0.466. The Hall–Kier alpha value is -2.80. The molecule has 0 unspecified atom stereocenters. The lowest BCUT2D eigenvalue weighted by Crippen LogP contribution is -2.34. The second-order valence-corrected chi connectivity index (χ2v) is 4.65. The van der Waals surface area contributed by atoms with Crippen molar-refractivity contribution in [1.29, 1.82) is 0 Å². The van der Waals surface area contributed by atoms with Crippen molar-refractivity contribution in [2.24, 2.45) is 18.6 Å². The molecule has 0 bridgehead atoms. The van der Waals surface area contributed by atoms with Crippen molar-refractivity contribution < 1.29 is 0 Å². The van der Waals surface area contributed by atoms with E-state index in [2.05, 4.69) is 4.98 Å². The molecule has 0 aliphatic heterocycles. The maximum absolute atomic E-state index is 11.7. The van der Waals surface area contributed by atoms with Gasteiger partial charge in [0.25, 0.3) is 5.56 Å². The normalized spacial score (nSPS) is 10.7. The Morgan fingerprint density at radius 1 is 1.26 bits per heavy atom. The molecule has 0 saturated heterocycles. The molecule has 0 radical (unpaired) electrons. The zero-order valence-electron chi connectivity index (χ0n) is 13.6. The Morgan fingerprint density at radius 2 is 1.87 bits per heavy atom. The van der Waals surface area contributed by atoms with Gasteiger partial charge in [0.2, 0.25) is 0 Å². The fraction of sp³-hybridized carbons (Fsp3) is 0.250. The van der Waals surface area contributed by atoms with E-state index in [1.807, 2.05) is 44.2 Å².